The lowest BCUT2D eigenvalue weighted by Gasteiger charge is -2.27. The summed E-state index contributed by atoms with van der Waals surface area (Å²) in [6, 6.07) is 7.81. The van der Waals surface area contributed by atoms with Crippen molar-refractivity contribution in [1.29, 1.82) is 0 Å². The highest BCUT2D eigenvalue weighted by molar-refractivity contribution is 6.09. The van der Waals surface area contributed by atoms with Gasteiger partial charge in [-0.3, -0.25) is 14.5 Å². The van der Waals surface area contributed by atoms with Crippen molar-refractivity contribution in [3.05, 3.63) is 35.9 Å². The maximum atomic E-state index is 12.9. The van der Waals surface area contributed by atoms with Gasteiger partial charge in [-0.05, 0) is 12.0 Å². The summed E-state index contributed by atoms with van der Waals surface area (Å²) in [5.41, 5.74) is -0.733. The van der Waals surface area contributed by atoms with E-state index in [1.54, 1.807) is 35.6 Å². The lowest BCUT2D eigenvalue weighted by Crippen LogP contribution is -2.46. The minimum Gasteiger partial charge on any atom is -0.345 e. The van der Waals surface area contributed by atoms with Crippen molar-refractivity contribution in [2.45, 2.75) is 37.9 Å². The number of unbranched alkanes of at least 4 members (excludes halogenated alkanes) is 1. The first kappa shape index (κ1) is 19.7. The van der Waals surface area contributed by atoms with E-state index >= 15 is 0 Å². The predicted molar refractivity (Wildman–Crippen MR) is 87.0 cm³/mol. The van der Waals surface area contributed by atoms with Gasteiger partial charge in [-0.25, -0.2) is 4.79 Å². The minimum absolute atomic E-state index is 0.332. The number of halogens is 3. The molecule has 4 amide bonds. The fourth-order valence-electron chi connectivity index (χ4n) is 2.84. The second-order valence-corrected chi connectivity index (χ2v) is 6.09. The van der Waals surface area contributed by atoms with E-state index in [4.69, 9.17) is 0 Å². The van der Waals surface area contributed by atoms with Gasteiger partial charge >= 0.3 is 12.2 Å². The zero-order valence-electron chi connectivity index (χ0n) is 14.2. The van der Waals surface area contributed by atoms with Crippen LogP contribution in [0.3, 0.4) is 0 Å². The normalized spacial score (nSPS) is 20.2. The third-order valence-electron chi connectivity index (χ3n) is 4.14. The molecule has 1 heterocycles. The molecule has 2 N–H and O–H groups in total. The molecule has 0 spiro atoms. The standard InChI is InChI=1S/C17H20F3N3O3/c1-2-3-9-16(12-7-5-4-6-8-12)14(25)23(15(26)22-16)10-13(24)21-11-17(18,19)20/h4-8H,2-3,9-11H2,1H3,(H,21,24)(H,22,26). The zero-order valence-corrected chi connectivity index (χ0v) is 14.2. The molecule has 0 saturated carbocycles. The predicted octanol–water partition coefficient (Wildman–Crippen LogP) is 2.30. The largest absolute Gasteiger partial charge is 0.405 e. The second kappa shape index (κ2) is 7.76. The molecule has 1 aliphatic rings. The molecule has 1 fully saturated rings. The van der Waals surface area contributed by atoms with Gasteiger partial charge in [0, 0.05) is 0 Å². The Morgan fingerprint density at radius 1 is 1.23 bits per heavy atom. The van der Waals surface area contributed by atoms with E-state index in [1.165, 1.54) is 0 Å². The van der Waals surface area contributed by atoms with Crippen LogP contribution in [0.5, 0.6) is 0 Å². The molecule has 26 heavy (non-hydrogen) atoms. The Hall–Kier alpha value is -2.58. The van der Waals surface area contributed by atoms with E-state index in [0.717, 1.165) is 6.42 Å². The van der Waals surface area contributed by atoms with Gasteiger partial charge in [-0.2, -0.15) is 13.2 Å². The SMILES string of the molecule is CCCCC1(c2ccccc2)NC(=O)N(CC(=O)NCC(F)(F)F)C1=O. The molecular formula is C17H20F3N3O3. The number of rotatable bonds is 7. The second-order valence-electron chi connectivity index (χ2n) is 6.09. The van der Waals surface area contributed by atoms with Crippen molar-refractivity contribution in [3.8, 4) is 0 Å². The number of urea groups is 1. The van der Waals surface area contributed by atoms with Crippen LogP contribution in [0, 0.1) is 0 Å². The molecule has 1 aromatic carbocycles. The van der Waals surface area contributed by atoms with Crippen molar-refractivity contribution in [3.63, 3.8) is 0 Å². The topological polar surface area (TPSA) is 78.5 Å². The lowest BCUT2D eigenvalue weighted by atomic mass is 9.85. The highest BCUT2D eigenvalue weighted by atomic mass is 19.4. The van der Waals surface area contributed by atoms with E-state index in [-0.39, 0.29) is 0 Å². The van der Waals surface area contributed by atoms with Crippen LogP contribution in [0.4, 0.5) is 18.0 Å². The van der Waals surface area contributed by atoms with Crippen LogP contribution in [0.2, 0.25) is 0 Å². The monoisotopic (exact) mass is 371 g/mol. The van der Waals surface area contributed by atoms with Crippen LogP contribution < -0.4 is 10.6 Å². The average Bonchev–Trinajstić information content (AvgIpc) is 2.83. The minimum atomic E-state index is -4.57. The quantitative estimate of drug-likeness (QED) is 0.722. The summed E-state index contributed by atoms with van der Waals surface area (Å²) in [5, 5.41) is 4.29. The van der Waals surface area contributed by atoms with Crippen molar-refractivity contribution in [2.75, 3.05) is 13.1 Å². The number of nitrogens with one attached hydrogen (secondary N) is 2. The van der Waals surface area contributed by atoms with E-state index in [0.29, 0.717) is 23.3 Å². The number of nitrogens with zero attached hydrogens (tertiary/aromatic N) is 1. The van der Waals surface area contributed by atoms with Crippen LogP contribution in [-0.4, -0.2) is 42.0 Å². The molecule has 9 heteroatoms. The first-order chi connectivity index (χ1) is 12.2. The number of carbonyl (C=O) groups excluding carboxylic acids is 3. The van der Waals surface area contributed by atoms with Gasteiger partial charge in [0.2, 0.25) is 5.91 Å². The van der Waals surface area contributed by atoms with Crippen LogP contribution in [0.1, 0.15) is 31.7 Å². The van der Waals surface area contributed by atoms with Gasteiger partial charge in [0.1, 0.15) is 18.6 Å². The molecule has 1 aliphatic heterocycles. The third kappa shape index (κ3) is 4.33. The maximum Gasteiger partial charge on any atom is 0.405 e. The molecule has 0 aromatic heterocycles. The van der Waals surface area contributed by atoms with E-state index in [1.807, 2.05) is 6.92 Å². The highest BCUT2D eigenvalue weighted by Gasteiger charge is 2.52. The molecule has 1 unspecified atom stereocenters. The molecular weight excluding hydrogens is 351 g/mol. The number of hydrogen-bond acceptors (Lipinski definition) is 3. The van der Waals surface area contributed by atoms with Gasteiger partial charge in [0.05, 0.1) is 0 Å². The molecule has 0 bridgehead atoms. The Morgan fingerprint density at radius 2 is 1.88 bits per heavy atom. The Labute approximate surface area is 148 Å². The van der Waals surface area contributed by atoms with E-state index < -0.39 is 42.7 Å². The first-order valence-electron chi connectivity index (χ1n) is 8.22. The number of imide groups is 1. The number of alkyl halides is 3. The summed E-state index contributed by atoms with van der Waals surface area (Å²) < 4.78 is 36.6. The van der Waals surface area contributed by atoms with Gasteiger partial charge < -0.3 is 10.6 Å². The van der Waals surface area contributed by atoms with Crippen LogP contribution in [-0.2, 0) is 15.1 Å². The van der Waals surface area contributed by atoms with Crippen molar-refractivity contribution < 1.29 is 27.6 Å². The Kier molecular flexibility index (Phi) is 5.89. The molecule has 1 aromatic rings. The summed E-state index contributed by atoms with van der Waals surface area (Å²) in [5.74, 6) is -1.69. The first-order valence-corrected chi connectivity index (χ1v) is 8.22. The Morgan fingerprint density at radius 3 is 2.46 bits per heavy atom. The lowest BCUT2D eigenvalue weighted by molar-refractivity contribution is -0.141. The van der Waals surface area contributed by atoms with Crippen molar-refractivity contribution >= 4 is 17.8 Å². The van der Waals surface area contributed by atoms with Crippen LogP contribution >= 0.6 is 0 Å². The molecule has 1 atom stereocenters. The molecule has 0 aliphatic carbocycles. The van der Waals surface area contributed by atoms with Crippen molar-refractivity contribution in [2.24, 2.45) is 0 Å². The zero-order chi connectivity index (χ0) is 19.4. The summed E-state index contributed by atoms with van der Waals surface area (Å²) in [7, 11) is 0. The van der Waals surface area contributed by atoms with E-state index in [9.17, 15) is 27.6 Å². The van der Waals surface area contributed by atoms with Crippen LogP contribution in [0.25, 0.3) is 0 Å². The fraction of sp³-hybridized carbons (Fsp3) is 0.471. The number of carbonyl (C=O) groups is 3. The smallest absolute Gasteiger partial charge is 0.345 e. The van der Waals surface area contributed by atoms with E-state index in [2.05, 4.69) is 5.32 Å². The summed E-state index contributed by atoms with van der Waals surface area (Å²) in [6.07, 6.45) is -2.81. The highest BCUT2D eigenvalue weighted by Crippen LogP contribution is 2.34. The summed E-state index contributed by atoms with van der Waals surface area (Å²) in [4.78, 5) is 37.6. The fourth-order valence-corrected chi connectivity index (χ4v) is 2.84. The summed E-state index contributed by atoms with van der Waals surface area (Å²) in [6.45, 7) is -0.348. The molecule has 6 nitrogen and oxygen atoms in total. The molecule has 142 valence electrons. The number of benzene rings is 1. The average molecular weight is 371 g/mol. The molecule has 0 radical (unpaired) electrons. The third-order valence-corrected chi connectivity index (χ3v) is 4.14. The molecule has 1 saturated heterocycles. The Balaban J connectivity index is 2.20. The summed E-state index contributed by atoms with van der Waals surface area (Å²) >= 11 is 0. The molecule has 2 rings (SSSR count). The van der Waals surface area contributed by atoms with Gasteiger partial charge in [0.15, 0.2) is 0 Å². The van der Waals surface area contributed by atoms with Gasteiger partial charge in [0.25, 0.3) is 5.91 Å². The number of amides is 4. The maximum absolute atomic E-state index is 12.9. The van der Waals surface area contributed by atoms with Gasteiger partial charge in [-0.1, -0.05) is 50.1 Å². The van der Waals surface area contributed by atoms with Gasteiger partial charge in [-0.15, -0.1) is 0 Å². The van der Waals surface area contributed by atoms with Crippen molar-refractivity contribution in [1.82, 2.24) is 15.5 Å². The Bertz CT molecular complexity index is 679. The van der Waals surface area contributed by atoms with Crippen LogP contribution in [0.15, 0.2) is 30.3 Å². The number of hydrogen-bond donors (Lipinski definition) is 2.